The van der Waals surface area contributed by atoms with E-state index in [1.807, 2.05) is 0 Å². The molecule has 0 saturated carbocycles. The maximum atomic E-state index is 8.99. The van der Waals surface area contributed by atoms with Crippen molar-refractivity contribution in [3.63, 3.8) is 0 Å². The second kappa shape index (κ2) is 4.18. The molecule has 0 spiro atoms. The van der Waals surface area contributed by atoms with Crippen LogP contribution in [-0.4, -0.2) is 41.2 Å². The van der Waals surface area contributed by atoms with Crippen LogP contribution in [0.3, 0.4) is 0 Å². The molecule has 60 valence electrons. The predicted octanol–water partition coefficient (Wildman–Crippen LogP) is 0.305. The zero-order chi connectivity index (χ0) is 7.40. The quantitative estimate of drug-likeness (QED) is 0.469. The summed E-state index contributed by atoms with van der Waals surface area (Å²) < 4.78 is 7.28. The number of ether oxygens (including phenoxy) is 1. The molecule has 1 aliphatic heterocycles. The van der Waals surface area contributed by atoms with Gasteiger partial charge in [0, 0.05) is 13.1 Å². The highest BCUT2D eigenvalue weighted by Gasteiger charge is 2.12. The Balaban J connectivity index is 2.13. The van der Waals surface area contributed by atoms with Gasteiger partial charge < -0.3 is 9.84 Å². The Morgan fingerprint density at radius 2 is 2.10 bits per heavy atom. The fraction of sp³-hybridized carbons (Fsp3) is 1.00. The lowest BCUT2D eigenvalue weighted by Crippen LogP contribution is -2.32. The summed E-state index contributed by atoms with van der Waals surface area (Å²) in [6, 6.07) is 0. The molecule has 0 aliphatic carbocycles. The van der Waals surface area contributed by atoms with Crippen LogP contribution in [0.15, 0.2) is 0 Å². The minimum absolute atomic E-state index is 0.293. The van der Waals surface area contributed by atoms with Crippen molar-refractivity contribution in [2.75, 3.05) is 26.3 Å². The molecular formula is C6H13NO2S. The Morgan fingerprint density at radius 1 is 1.50 bits per heavy atom. The monoisotopic (exact) mass is 163 g/mol. The maximum absolute atomic E-state index is 8.99. The molecule has 0 bridgehead atoms. The average molecular weight is 163 g/mol. The van der Waals surface area contributed by atoms with Gasteiger partial charge in [0.2, 0.25) is 0 Å². The van der Waals surface area contributed by atoms with Crippen LogP contribution in [0.25, 0.3) is 0 Å². The van der Waals surface area contributed by atoms with Crippen molar-refractivity contribution >= 4 is 11.9 Å². The molecule has 1 saturated heterocycles. The van der Waals surface area contributed by atoms with Crippen LogP contribution < -0.4 is 0 Å². The highest BCUT2D eigenvalue weighted by atomic mass is 32.2. The topological polar surface area (TPSA) is 32.7 Å². The molecule has 10 heavy (non-hydrogen) atoms. The molecule has 3 nitrogen and oxygen atoms in total. The Labute approximate surface area is 65.5 Å². The molecular weight excluding hydrogens is 150 g/mol. The van der Waals surface area contributed by atoms with Gasteiger partial charge in [-0.1, -0.05) is 0 Å². The molecule has 1 fully saturated rings. The van der Waals surface area contributed by atoms with E-state index in [1.165, 1.54) is 11.9 Å². The molecule has 4 heteroatoms. The summed E-state index contributed by atoms with van der Waals surface area (Å²) in [4.78, 5) is 0. The molecule has 1 atom stereocenters. The fourth-order valence-corrected chi connectivity index (χ4v) is 1.66. The van der Waals surface area contributed by atoms with Crippen molar-refractivity contribution in [2.45, 2.75) is 12.4 Å². The number of hydrogen-bond donors (Lipinski definition) is 1. The molecule has 1 heterocycles. The van der Waals surface area contributed by atoms with Crippen molar-refractivity contribution in [1.82, 2.24) is 4.31 Å². The maximum Gasteiger partial charge on any atom is 0.111 e. The van der Waals surface area contributed by atoms with E-state index in [1.54, 1.807) is 6.92 Å². The largest absolute Gasteiger partial charge is 0.381 e. The summed E-state index contributed by atoms with van der Waals surface area (Å²) in [6.07, 6.45) is 0. The van der Waals surface area contributed by atoms with E-state index >= 15 is 0 Å². The smallest absolute Gasteiger partial charge is 0.111 e. The highest BCUT2D eigenvalue weighted by Crippen LogP contribution is 2.15. The minimum atomic E-state index is -0.293. The summed E-state index contributed by atoms with van der Waals surface area (Å²) in [6.45, 7) is 5.21. The van der Waals surface area contributed by atoms with Gasteiger partial charge in [-0.05, 0) is 18.9 Å². The van der Waals surface area contributed by atoms with Crippen LogP contribution in [0.5, 0.6) is 0 Å². The van der Waals surface area contributed by atoms with E-state index in [4.69, 9.17) is 9.84 Å². The first-order valence-electron chi connectivity index (χ1n) is 3.46. The zero-order valence-corrected chi connectivity index (χ0v) is 6.93. The zero-order valence-electron chi connectivity index (χ0n) is 6.12. The van der Waals surface area contributed by atoms with Crippen molar-refractivity contribution in [3.05, 3.63) is 0 Å². The number of hydrogen-bond acceptors (Lipinski definition) is 4. The van der Waals surface area contributed by atoms with E-state index in [2.05, 4.69) is 4.31 Å². The standard InChI is InChI=1S/C6H13NO2S/c1-6(8)10-7-2-4-9-5-3-7/h6,8H,2-5H2,1H3. The Hall–Kier alpha value is 0.230. The fourth-order valence-electron chi connectivity index (χ4n) is 0.868. The summed E-state index contributed by atoms with van der Waals surface area (Å²) in [5.41, 5.74) is -0.293. The predicted molar refractivity (Wildman–Crippen MR) is 41.7 cm³/mol. The molecule has 0 radical (unpaired) electrons. The molecule has 1 unspecified atom stereocenters. The number of morpholine rings is 1. The summed E-state index contributed by atoms with van der Waals surface area (Å²) in [7, 11) is 0. The second-order valence-electron chi connectivity index (χ2n) is 2.25. The van der Waals surface area contributed by atoms with Gasteiger partial charge >= 0.3 is 0 Å². The molecule has 0 aromatic rings. The number of aliphatic hydroxyl groups excluding tert-OH is 1. The third kappa shape index (κ3) is 2.88. The minimum Gasteiger partial charge on any atom is -0.381 e. The van der Waals surface area contributed by atoms with Gasteiger partial charge in [0.15, 0.2) is 0 Å². The van der Waals surface area contributed by atoms with Crippen LogP contribution in [-0.2, 0) is 4.74 Å². The van der Waals surface area contributed by atoms with Gasteiger partial charge in [-0.2, -0.15) is 0 Å². The van der Waals surface area contributed by atoms with E-state index in [-0.39, 0.29) is 5.44 Å². The Kier molecular flexibility index (Phi) is 3.48. The van der Waals surface area contributed by atoms with Crippen LogP contribution in [0.2, 0.25) is 0 Å². The van der Waals surface area contributed by atoms with Gasteiger partial charge in [-0.15, -0.1) is 0 Å². The second-order valence-corrected chi connectivity index (χ2v) is 3.66. The van der Waals surface area contributed by atoms with Gasteiger partial charge in [-0.25, -0.2) is 4.31 Å². The third-order valence-corrected chi connectivity index (χ3v) is 2.24. The summed E-state index contributed by atoms with van der Waals surface area (Å²) >= 11 is 1.48. The molecule has 1 rings (SSSR count). The first-order chi connectivity index (χ1) is 4.79. The molecule has 1 aliphatic rings. The molecule has 1 N–H and O–H groups in total. The lowest BCUT2D eigenvalue weighted by Gasteiger charge is -2.26. The van der Waals surface area contributed by atoms with Crippen LogP contribution in [0.4, 0.5) is 0 Å². The SMILES string of the molecule is CC(O)SN1CCOCC1. The molecule has 0 aromatic heterocycles. The van der Waals surface area contributed by atoms with Crippen molar-refractivity contribution in [3.8, 4) is 0 Å². The third-order valence-electron chi connectivity index (χ3n) is 1.27. The number of nitrogens with zero attached hydrogens (tertiary/aromatic N) is 1. The van der Waals surface area contributed by atoms with Crippen LogP contribution in [0.1, 0.15) is 6.92 Å². The van der Waals surface area contributed by atoms with Gasteiger partial charge in [0.05, 0.1) is 13.2 Å². The van der Waals surface area contributed by atoms with Gasteiger partial charge in [0.1, 0.15) is 5.44 Å². The Morgan fingerprint density at radius 3 is 2.60 bits per heavy atom. The Bertz CT molecular complexity index is 93.7. The lowest BCUT2D eigenvalue weighted by atomic mass is 10.5. The van der Waals surface area contributed by atoms with E-state index in [0.29, 0.717) is 0 Å². The summed E-state index contributed by atoms with van der Waals surface area (Å²) in [5.74, 6) is 0. The van der Waals surface area contributed by atoms with Crippen molar-refractivity contribution in [1.29, 1.82) is 0 Å². The van der Waals surface area contributed by atoms with Crippen molar-refractivity contribution in [2.24, 2.45) is 0 Å². The van der Waals surface area contributed by atoms with Gasteiger partial charge in [0.25, 0.3) is 0 Å². The van der Waals surface area contributed by atoms with E-state index in [0.717, 1.165) is 26.3 Å². The van der Waals surface area contributed by atoms with E-state index < -0.39 is 0 Å². The van der Waals surface area contributed by atoms with Crippen LogP contribution in [0, 0.1) is 0 Å². The first-order valence-corrected chi connectivity index (χ1v) is 4.30. The van der Waals surface area contributed by atoms with Gasteiger partial charge in [-0.3, -0.25) is 0 Å². The number of aliphatic hydroxyl groups is 1. The van der Waals surface area contributed by atoms with Crippen molar-refractivity contribution < 1.29 is 9.84 Å². The highest BCUT2D eigenvalue weighted by molar-refractivity contribution is 7.97. The molecule has 0 amide bonds. The summed E-state index contributed by atoms with van der Waals surface area (Å²) in [5, 5.41) is 8.99. The normalized spacial score (nSPS) is 24.6. The lowest BCUT2D eigenvalue weighted by molar-refractivity contribution is 0.0760. The number of rotatable bonds is 2. The molecule has 0 aromatic carbocycles. The first kappa shape index (κ1) is 8.33. The van der Waals surface area contributed by atoms with Crippen LogP contribution >= 0.6 is 11.9 Å². The average Bonchev–Trinajstić information content (AvgIpc) is 1.88. The van der Waals surface area contributed by atoms with E-state index in [9.17, 15) is 0 Å².